The normalized spacial score (nSPS) is 21.9. The van der Waals surface area contributed by atoms with E-state index in [4.69, 9.17) is 4.74 Å². The van der Waals surface area contributed by atoms with Crippen molar-refractivity contribution in [2.45, 2.75) is 12.6 Å². The Morgan fingerprint density at radius 3 is 3.38 bits per heavy atom. The number of hydrogen-bond acceptors (Lipinski definition) is 6. The lowest BCUT2D eigenvalue weighted by Gasteiger charge is -2.30. The molecule has 88 valence electrons. The average Bonchev–Trinajstić information content (AvgIpc) is 2.81. The molecular formula is C10H14N2O3S. The van der Waals surface area contributed by atoms with Gasteiger partial charge >= 0.3 is 5.97 Å². The van der Waals surface area contributed by atoms with Crippen molar-refractivity contribution in [1.82, 2.24) is 9.88 Å². The first-order valence-electron chi connectivity index (χ1n) is 5.08. The number of rotatable bonds is 3. The highest BCUT2D eigenvalue weighted by Gasteiger charge is 2.27. The molecule has 0 radical (unpaired) electrons. The predicted molar refractivity (Wildman–Crippen MR) is 59.1 cm³/mol. The van der Waals surface area contributed by atoms with Crippen molar-refractivity contribution in [1.29, 1.82) is 0 Å². The van der Waals surface area contributed by atoms with E-state index in [1.807, 2.05) is 10.9 Å². The highest BCUT2D eigenvalue weighted by molar-refractivity contribution is 7.07. The van der Waals surface area contributed by atoms with E-state index >= 15 is 0 Å². The fourth-order valence-corrected chi connectivity index (χ4v) is 2.21. The van der Waals surface area contributed by atoms with Gasteiger partial charge in [0.1, 0.15) is 0 Å². The monoisotopic (exact) mass is 242 g/mol. The lowest BCUT2D eigenvalue weighted by molar-refractivity contribution is -0.160. The molecule has 0 saturated carbocycles. The zero-order valence-electron chi connectivity index (χ0n) is 9.09. The molecule has 5 nitrogen and oxygen atoms in total. The van der Waals surface area contributed by atoms with Gasteiger partial charge in [0.15, 0.2) is 6.10 Å². The molecule has 1 fully saturated rings. The van der Waals surface area contributed by atoms with Crippen LogP contribution in [0.4, 0.5) is 0 Å². The van der Waals surface area contributed by atoms with Crippen LogP contribution in [0.3, 0.4) is 0 Å². The summed E-state index contributed by atoms with van der Waals surface area (Å²) in [6, 6.07) is 0. The van der Waals surface area contributed by atoms with Crippen LogP contribution in [-0.2, 0) is 20.8 Å². The lowest BCUT2D eigenvalue weighted by Crippen LogP contribution is -2.46. The van der Waals surface area contributed by atoms with E-state index in [0.29, 0.717) is 13.2 Å². The Morgan fingerprint density at radius 2 is 2.69 bits per heavy atom. The zero-order chi connectivity index (χ0) is 11.4. The number of aromatic nitrogens is 1. The van der Waals surface area contributed by atoms with Crippen LogP contribution in [0.2, 0.25) is 0 Å². The van der Waals surface area contributed by atoms with Crippen LogP contribution in [0.5, 0.6) is 0 Å². The lowest BCUT2D eigenvalue weighted by atomic mass is 10.2. The minimum atomic E-state index is -0.461. The van der Waals surface area contributed by atoms with E-state index in [-0.39, 0.29) is 5.97 Å². The second-order valence-corrected chi connectivity index (χ2v) is 4.32. The number of thiazole rings is 1. The number of esters is 1. The first-order valence-corrected chi connectivity index (χ1v) is 6.02. The quantitative estimate of drug-likeness (QED) is 0.723. The summed E-state index contributed by atoms with van der Waals surface area (Å²) < 4.78 is 10.0. The fourth-order valence-electron chi connectivity index (χ4n) is 1.66. The summed E-state index contributed by atoms with van der Waals surface area (Å²) in [5, 5.41) is 2.02. The molecule has 1 aromatic heterocycles. The Labute approximate surface area is 98.0 Å². The maximum Gasteiger partial charge on any atom is 0.336 e. The SMILES string of the molecule is COC(=O)C1CN(Cc2cscn2)CCO1. The molecule has 0 bridgehead atoms. The Bertz CT molecular complexity index is 342. The van der Waals surface area contributed by atoms with E-state index in [2.05, 4.69) is 14.6 Å². The minimum absolute atomic E-state index is 0.303. The molecule has 0 N–H and O–H groups in total. The number of carbonyl (C=O) groups is 1. The van der Waals surface area contributed by atoms with Crippen LogP contribution in [0.25, 0.3) is 0 Å². The second kappa shape index (κ2) is 5.38. The molecule has 1 saturated heterocycles. The minimum Gasteiger partial charge on any atom is -0.467 e. The third kappa shape index (κ3) is 2.78. The first-order chi connectivity index (χ1) is 7.79. The van der Waals surface area contributed by atoms with Crippen LogP contribution >= 0.6 is 11.3 Å². The van der Waals surface area contributed by atoms with Crippen LogP contribution in [-0.4, -0.2) is 48.8 Å². The van der Waals surface area contributed by atoms with Gasteiger partial charge in [-0.3, -0.25) is 4.90 Å². The van der Waals surface area contributed by atoms with Crippen LogP contribution in [0.1, 0.15) is 5.69 Å². The molecule has 1 aliphatic heterocycles. The van der Waals surface area contributed by atoms with Gasteiger partial charge in [0.2, 0.25) is 0 Å². The van der Waals surface area contributed by atoms with Gasteiger partial charge in [0, 0.05) is 25.0 Å². The van der Waals surface area contributed by atoms with Gasteiger partial charge < -0.3 is 9.47 Å². The molecule has 0 spiro atoms. The molecule has 1 aromatic rings. The molecular weight excluding hydrogens is 228 g/mol. The van der Waals surface area contributed by atoms with E-state index in [0.717, 1.165) is 18.8 Å². The molecule has 16 heavy (non-hydrogen) atoms. The third-order valence-electron chi connectivity index (χ3n) is 2.48. The van der Waals surface area contributed by atoms with Gasteiger partial charge in [-0.15, -0.1) is 11.3 Å². The van der Waals surface area contributed by atoms with Crippen molar-refractivity contribution >= 4 is 17.3 Å². The topological polar surface area (TPSA) is 51.7 Å². The summed E-state index contributed by atoms with van der Waals surface area (Å²) in [5.41, 5.74) is 2.85. The molecule has 1 unspecified atom stereocenters. The van der Waals surface area contributed by atoms with Crippen molar-refractivity contribution in [2.75, 3.05) is 26.8 Å². The molecule has 2 heterocycles. The highest BCUT2D eigenvalue weighted by atomic mass is 32.1. The van der Waals surface area contributed by atoms with Gasteiger partial charge in [0.25, 0.3) is 0 Å². The second-order valence-electron chi connectivity index (χ2n) is 3.60. The fraction of sp³-hybridized carbons (Fsp3) is 0.600. The van der Waals surface area contributed by atoms with E-state index in [1.165, 1.54) is 7.11 Å². The Kier molecular flexibility index (Phi) is 3.87. The number of methoxy groups -OCH3 is 1. The first kappa shape index (κ1) is 11.5. The smallest absolute Gasteiger partial charge is 0.336 e. The van der Waals surface area contributed by atoms with Crippen LogP contribution < -0.4 is 0 Å². The van der Waals surface area contributed by atoms with E-state index in [1.54, 1.807) is 11.3 Å². The Balaban J connectivity index is 1.89. The van der Waals surface area contributed by atoms with Crippen LogP contribution in [0.15, 0.2) is 10.9 Å². The van der Waals surface area contributed by atoms with Crippen molar-refractivity contribution in [3.8, 4) is 0 Å². The summed E-state index contributed by atoms with van der Waals surface area (Å²) in [4.78, 5) is 17.7. The van der Waals surface area contributed by atoms with Gasteiger partial charge in [-0.25, -0.2) is 9.78 Å². The summed E-state index contributed by atoms with van der Waals surface area (Å²) in [6.45, 7) is 2.72. The van der Waals surface area contributed by atoms with Crippen molar-refractivity contribution in [3.05, 3.63) is 16.6 Å². The highest BCUT2D eigenvalue weighted by Crippen LogP contribution is 2.11. The molecule has 0 amide bonds. The summed E-state index contributed by atoms with van der Waals surface area (Å²) in [7, 11) is 1.38. The molecule has 1 atom stereocenters. The third-order valence-corrected chi connectivity index (χ3v) is 3.12. The summed E-state index contributed by atoms with van der Waals surface area (Å²) >= 11 is 1.58. The Hall–Kier alpha value is -0.980. The van der Waals surface area contributed by atoms with Crippen molar-refractivity contribution < 1.29 is 14.3 Å². The number of ether oxygens (including phenoxy) is 2. The standard InChI is InChI=1S/C10H14N2O3S/c1-14-10(13)9-5-12(2-3-15-9)4-8-6-16-7-11-8/h6-7,9H,2-5H2,1H3. The number of nitrogens with zero attached hydrogens (tertiary/aromatic N) is 2. The van der Waals surface area contributed by atoms with Crippen LogP contribution in [0, 0.1) is 0 Å². The van der Waals surface area contributed by atoms with E-state index in [9.17, 15) is 4.79 Å². The van der Waals surface area contributed by atoms with Crippen molar-refractivity contribution in [2.24, 2.45) is 0 Å². The number of morpholine rings is 1. The maximum absolute atomic E-state index is 11.3. The molecule has 0 aliphatic carbocycles. The Morgan fingerprint density at radius 1 is 1.81 bits per heavy atom. The molecule has 6 heteroatoms. The molecule has 1 aliphatic rings. The van der Waals surface area contributed by atoms with Gasteiger partial charge in [0.05, 0.1) is 24.9 Å². The summed E-state index contributed by atoms with van der Waals surface area (Å²) in [6.07, 6.45) is -0.461. The molecule has 0 aromatic carbocycles. The predicted octanol–water partition coefficient (Wildman–Crippen LogP) is 0.517. The largest absolute Gasteiger partial charge is 0.467 e. The summed E-state index contributed by atoms with van der Waals surface area (Å²) in [5.74, 6) is -0.303. The zero-order valence-corrected chi connectivity index (χ0v) is 9.90. The number of carbonyl (C=O) groups excluding carboxylic acids is 1. The van der Waals surface area contributed by atoms with Gasteiger partial charge in [-0.1, -0.05) is 0 Å². The van der Waals surface area contributed by atoms with Gasteiger partial charge in [-0.2, -0.15) is 0 Å². The number of hydrogen-bond donors (Lipinski definition) is 0. The molecule has 2 rings (SSSR count). The average molecular weight is 242 g/mol. The van der Waals surface area contributed by atoms with Gasteiger partial charge in [-0.05, 0) is 0 Å². The van der Waals surface area contributed by atoms with Crippen molar-refractivity contribution in [3.63, 3.8) is 0 Å². The van der Waals surface area contributed by atoms with E-state index < -0.39 is 6.10 Å². The maximum atomic E-state index is 11.3.